The minimum atomic E-state index is -4.61. The van der Waals surface area contributed by atoms with Gasteiger partial charge < -0.3 is 15.2 Å². The third kappa shape index (κ3) is 3.79. The van der Waals surface area contributed by atoms with Crippen LogP contribution < -0.4 is 10.1 Å². The Balaban J connectivity index is 1.59. The van der Waals surface area contributed by atoms with Crippen LogP contribution in [0.25, 0.3) is 22.0 Å². The van der Waals surface area contributed by atoms with Gasteiger partial charge in [-0.1, -0.05) is 24.3 Å². The number of aromatic nitrogens is 2. The maximum atomic E-state index is 13.0. The van der Waals surface area contributed by atoms with Gasteiger partial charge >= 0.3 is 6.18 Å². The van der Waals surface area contributed by atoms with E-state index in [-0.39, 0.29) is 31.7 Å². The Morgan fingerprint density at radius 1 is 1.00 bits per heavy atom. The summed E-state index contributed by atoms with van der Waals surface area (Å²) in [5.74, 6) is 1.27. The molecule has 30 heavy (non-hydrogen) atoms. The molecule has 1 aliphatic rings. The van der Waals surface area contributed by atoms with Crippen molar-refractivity contribution in [2.75, 3.05) is 12.4 Å². The summed E-state index contributed by atoms with van der Waals surface area (Å²) >= 11 is 0. The second kappa shape index (κ2) is 7.75. The lowest BCUT2D eigenvalue weighted by Crippen LogP contribution is -2.49. The van der Waals surface area contributed by atoms with Gasteiger partial charge in [-0.3, -0.25) is 0 Å². The number of anilines is 1. The Morgan fingerprint density at radius 3 is 2.23 bits per heavy atom. The van der Waals surface area contributed by atoms with Crippen molar-refractivity contribution in [2.45, 2.75) is 43.5 Å². The number of nitrogens with zero attached hydrogens (tertiary/aromatic N) is 2. The third-order valence-corrected chi connectivity index (χ3v) is 5.73. The van der Waals surface area contributed by atoms with Crippen LogP contribution in [0.1, 0.15) is 25.7 Å². The molecular formula is C22H22F3N3O2. The largest absolute Gasteiger partial charge is 0.497 e. The van der Waals surface area contributed by atoms with Gasteiger partial charge in [0.05, 0.1) is 7.11 Å². The van der Waals surface area contributed by atoms with Gasteiger partial charge in [0.1, 0.15) is 11.4 Å². The first-order valence-electron chi connectivity index (χ1n) is 9.76. The smallest absolute Gasteiger partial charge is 0.417 e. The van der Waals surface area contributed by atoms with Gasteiger partial charge in [0, 0.05) is 22.4 Å². The standard InChI is InChI=1S/C22H22F3N3O2/c1-30-16-8-6-14(7-9-16)19-17-4-2-3-5-18(17)20(28-27-19)26-15-10-12-21(29,13-11-15)22(23,24)25/h2-9,15,29H,10-13H2,1H3,(H,26,28). The number of hydrogen-bond acceptors (Lipinski definition) is 5. The van der Waals surface area contributed by atoms with Gasteiger partial charge in [-0.15, -0.1) is 10.2 Å². The predicted molar refractivity (Wildman–Crippen MR) is 108 cm³/mol. The van der Waals surface area contributed by atoms with Crippen molar-refractivity contribution in [1.82, 2.24) is 10.2 Å². The summed E-state index contributed by atoms with van der Waals surface area (Å²) in [7, 11) is 1.60. The molecule has 3 aromatic rings. The minimum Gasteiger partial charge on any atom is -0.497 e. The van der Waals surface area contributed by atoms with E-state index in [0.29, 0.717) is 11.5 Å². The summed E-state index contributed by atoms with van der Waals surface area (Å²) in [6.45, 7) is 0. The number of aliphatic hydroxyl groups is 1. The number of nitrogens with one attached hydrogen (secondary N) is 1. The van der Waals surface area contributed by atoms with Crippen LogP contribution in [0, 0.1) is 0 Å². The molecule has 0 radical (unpaired) electrons. The molecule has 0 unspecified atom stereocenters. The van der Waals surface area contributed by atoms with E-state index in [1.807, 2.05) is 48.5 Å². The van der Waals surface area contributed by atoms with E-state index in [2.05, 4.69) is 15.5 Å². The van der Waals surface area contributed by atoms with Crippen LogP contribution in [0.15, 0.2) is 48.5 Å². The first-order chi connectivity index (χ1) is 14.3. The summed E-state index contributed by atoms with van der Waals surface area (Å²) < 4.78 is 44.3. The fourth-order valence-electron chi connectivity index (χ4n) is 3.89. The lowest BCUT2D eigenvalue weighted by molar-refractivity contribution is -0.269. The fourth-order valence-corrected chi connectivity index (χ4v) is 3.89. The van der Waals surface area contributed by atoms with Crippen LogP contribution in [-0.4, -0.2) is 40.2 Å². The maximum absolute atomic E-state index is 13.0. The third-order valence-electron chi connectivity index (χ3n) is 5.73. The number of methoxy groups -OCH3 is 1. The van der Waals surface area contributed by atoms with Crippen molar-refractivity contribution in [2.24, 2.45) is 0 Å². The van der Waals surface area contributed by atoms with Crippen molar-refractivity contribution in [3.05, 3.63) is 48.5 Å². The lowest BCUT2D eigenvalue weighted by atomic mass is 9.81. The highest BCUT2D eigenvalue weighted by Gasteiger charge is 2.54. The van der Waals surface area contributed by atoms with E-state index in [0.717, 1.165) is 22.1 Å². The first-order valence-corrected chi connectivity index (χ1v) is 9.76. The van der Waals surface area contributed by atoms with Crippen molar-refractivity contribution < 1.29 is 23.0 Å². The summed E-state index contributed by atoms with van der Waals surface area (Å²) in [6, 6.07) is 14.9. The average molecular weight is 417 g/mol. The highest BCUT2D eigenvalue weighted by molar-refractivity contribution is 6.00. The van der Waals surface area contributed by atoms with Crippen molar-refractivity contribution in [3.63, 3.8) is 0 Å². The van der Waals surface area contributed by atoms with Crippen molar-refractivity contribution in [3.8, 4) is 17.0 Å². The predicted octanol–water partition coefficient (Wildman–Crippen LogP) is 4.95. The minimum absolute atomic E-state index is 0.201. The highest BCUT2D eigenvalue weighted by atomic mass is 19.4. The molecule has 158 valence electrons. The number of alkyl halides is 3. The summed E-state index contributed by atoms with van der Waals surface area (Å²) in [5, 5.41) is 23.6. The summed E-state index contributed by atoms with van der Waals surface area (Å²) in [5.41, 5.74) is -0.996. The number of fused-ring (bicyclic) bond motifs is 1. The molecule has 5 nitrogen and oxygen atoms in total. The van der Waals surface area contributed by atoms with E-state index in [1.54, 1.807) is 7.11 Å². The molecule has 8 heteroatoms. The van der Waals surface area contributed by atoms with Crippen molar-refractivity contribution >= 4 is 16.6 Å². The van der Waals surface area contributed by atoms with E-state index >= 15 is 0 Å². The zero-order valence-corrected chi connectivity index (χ0v) is 16.4. The van der Waals surface area contributed by atoms with E-state index in [9.17, 15) is 18.3 Å². The molecule has 1 heterocycles. The van der Waals surface area contributed by atoms with E-state index < -0.39 is 11.8 Å². The molecule has 1 aliphatic carbocycles. The highest BCUT2D eigenvalue weighted by Crippen LogP contribution is 2.42. The Hall–Kier alpha value is -2.87. The summed E-state index contributed by atoms with van der Waals surface area (Å²) in [4.78, 5) is 0. The van der Waals surface area contributed by atoms with Crippen LogP contribution >= 0.6 is 0 Å². The molecule has 2 N–H and O–H groups in total. The molecule has 1 saturated carbocycles. The molecule has 0 aliphatic heterocycles. The number of halogens is 3. The number of ether oxygens (including phenoxy) is 1. The van der Waals surface area contributed by atoms with Gasteiger partial charge in [0.15, 0.2) is 11.4 Å². The molecule has 0 atom stereocenters. The molecule has 1 aromatic heterocycles. The molecular weight excluding hydrogens is 395 g/mol. The van der Waals surface area contributed by atoms with Gasteiger partial charge in [0.25, 0.3) is 0 Å². The molecule has 0 amide bonds. The van der Waals surface area contributed by atoms with E-state index in [4.69, 9.17) is 4.74 Å². The topological polar surface area (TPSA) is 67.3 Å². The maximum Gasteiger partial charge on any atom is 0.417 e. The Labute approximate surface area is 171 Å². The van der Waals surface area contributed by atoms with Crippen LogP contribution in [0.3, 0.4) is 0 Å². The zero-order chi connectivity index (χ0) is 21.4. The number of rotatable bonds is 4. The van der Waals surface area contributed by atoms with Crippen LogP contribution in [0.4, 0.5) is 19.0 Å². The quantitative estimate of drug-likeness (QED) is 0.629. The summed E-state index contributed by atoms with van der Waals surface area (Å²) in [6.07, 6.45) is -4.87. The average Bonchev–Trinajstić information content (AvgIpc) is 2.75. The molecule has 4 rings (SSSR count). The Kier molecular flexibility index (Phi) is 5.27. The molecule has 2 aromatic carbocycles. The van der Waals surface area contributed by atoms with Crippen molar-refractivity contribution in [1.29, 1.82) is 0 Å². The van der Waals surface area contributed by atoms with Crippen LogP contribution in [-0.2, 0) is 0 Å². The van der Waals surface area contributed by atoms with Gasteiger partial charge in [-0.2, -0.15) is 13.2 Å². The normalized spacial score (nSPS) is 22.1. The van der Waals surface area contributed by atoms with Crippen LogP contribution in [0.5, 0.6) is 5.75 Å². The molecule has 0 bridgehead atoms. The monoisotopic (exact) mass is 417 g/mol. The van der Waals surface area contributed by atoms with Crippen LogP contribution in [0.2, 0.25) is 0 Å². The Morgan fingerprint density at radius 2 is 1.63 bits per heavy atom. The van der Waals surface area contributed by atoms with Gasteiger partial charge in [0.2, 0.25) is 0 Å². The second-order valence-electron chi connectivity index (χ2n) is 7.62. The SMILES string of the molecule is COc1ccc(-c2nnc(NC3CCC(O)(C(F)(F)F)CC3)c3ccccc23)cc1. The second-order valence-corrected chi connectivity index (χ2v) is 7.62. The molecule has 0 spiro atoms. The zero-order valence-electron chi connectivity index (χ0n) is 16.4. The number of benzene rings is 2. The van der Waals surface area contributed by atoms with Gasteiger partial charge in [-0.25, -0.2) is 0 Å². The number of hydrogen-bond donors (Lipinski definition) is 2. The lowest BCUT2D eigenvalue weighted by Gasteiger charge is -2.37. The fraction of sp³-hybridized carbons (Fsp3) is 0.364. The van der Waals surface area contributed by atoms with E-state index in [1.165, 1.54) is 0 Å². The first kappa shape index (κ1) is 20.4. The van der Waals surface area contributed by atoms with Gasteiger partial charge in [-0.05, 0) is 49.9 Å². The Bertz CT molecular complexity index is 1030. The molecule has 1 fully saturated rings. The molecule has 0 saturated heterocycles.